The molecule has 0 saturated heterocycles. The van der Waals surface area contributed by atoms with E-state index in [-0.39, 0.29) is 5.60 Å². The van der Waals surface area contributed by atoms with Crippen molar-refractivity contribution in [3.05, 3.63) is 0 Å². The summed E-state index contributed by atoms with van der Waals surface area (Å²) in [7, 11) is 1.65. The predicted molar refractivity (Wildman–Crippen MR) is 77.5 cm³/mol. The normalized spacial score (nSPS) is 14.8. The summed E-state index contributed by atoms with van der Waals surface area (Å²) in [6, 6.07) is 0. The van der Waals surface area contributed by atoms with Crippen LogP contribution in [0, 0.1) is 0 Å². The number of alkyl halides is 2. The predicted octanol–water partition coefficient (Wildman–Crippen LogP) is 2.12. The van der Waals surface area contributed by atoms with Gasteiger partial charge in [0.2, 0.25) is 0 Å². The van der Waals surface area contributed by atoms with Crippen molar-refractivity contribution >= 4 is 34.2 Å². The monoisotopic (exact) mass is 380 g/mol. The van der Waals surface area contributed by atoms with Gasteiger partial charge in [0.15, 0.2) is 0 Å². The fourth-order valence-corrected chi connectivity index (χ4v) is 1.90. The second kappa shape index (κ2) is 11.9. The van der Waals surface area contributed by atoms with E-state index in [0.717, 1.165) is 4.43 Å². The lowest BCUT2D eigenvalue weighted by atomic mass is 10.2. The SMILES string of the molecule is COCCOCCOCCOC(C)(CCl)CI. The molecule has 0 fully saturated rings. The lowest BCUT2D eigenvalue weighted by Gasteiger charge is -2.25. The fourth-order valence-electron chi connectivity index (χ4n) is 0.924. The molecule has 0 heterocycles. The summed E-state index contributed by atoms with van der Waals surface area (Å²) in [4.78, 5) is 0. The Morgan fingerprint density at radius 3 is 2.00 bits per heavy atom. The Morgan fingerprint density at radius 2 is 1.53 bits per heavy atom. The molecule has 1 unspecified atom stereocenters. The molecule has 0 aliphatic rings. The van der Waals surface area contributed by atoms with E-state index in [9.17, 15) is 0 Å². The standard InChI is InChI=1S/C11H22ClIO4/c1-11(9-12,10-13)17-8-7-16-6-5-15-4-3-14-2/h3-10H2,1-2H3. The molecule has 0 aromatic rings. The molecule has 6 heteroatoms. The quantitative estimate of drug-likeness (QED) is 0.295. The third-order valence-electron chi connectivity index (χ3n) is 2.05. The van der Waals surface area contributed by atoms with Crippen molar-refractivity contribution in [3.63, 3.8) is 0 Å². The van der Waals surface area contributed by atoms with Gasteiger partial charge in [0.25, 0.3) is 0 Å². The average molecular weight is 381 g/mol. The van der Waals surface area contributed by atoms with Gasteiger partial charge < -0.3 is 18.9 Å². The number of ether oxygens (including phenoxy) is 4. The largest absolute Gasteiger partial charge is 0.382 e. The summed E-state index contributed by atoms with van der Waals surface area (Å²) in [5.41, 5.74) is -0.250. The van der Waals surface area contributed by atoms with Crippen LogP contribution in [0.5, 0.6) is 0 Å². The molecule has 0 rings (SSSR count). The molecule has 0 aromatic carbocycles. The van der Waals surface area contributed by atoms with Crippen LogP contribution in [0.3, 0.4) is 0 Å². The molecule has 0 aliphatic carbocycles. The van der Waals surface area contributed by atoms with Gasteiger partial charge in [-0.1, -0.05) is 22.6 Å². The molecule has 104 valence electrons. The Labute approximate surface area is 122 Å². The molecular formula is C11H22ClIO4. The summed E-state index contributed by atoms with van der Waals surface area (Å²) >= 11 is 8.09. The van der Waals surface area contributed by atoms with Gasteiger partial charge in [0, 0.05) is 11.5 Å². The lowest BCUT2D eigenvalue weighted by Crippen LogP contribution is -2.34. The summed E-state index contributed by atoms with van der Waals surface area (Å²) < 4.78 is 22.0. The first-order valence-electron chi connectivity index (χ1n) is 5.59. The second-order valence-electron chi connectivity index (χ2n) is 3.78. The second-order valence-corrected chi connectivity index (χ2v) is 4.81. The Hall–Kier alpha value is 0.860. The van der Waals surface area contributed by atoms with E-state index < -0.39 is 0 Å². The molecule has 1 atom stereocenters. The van der Waals surface area contributed by atoms with Crippen molar-refractivity contribution in [1.82, 2.24) is 0 Å². The summed E-state index contributed by atoms with van der Waals surface area (Å²) in [5, 5.41) is 0. The van der Waals surface area contributed by atoms with Crippen LogP contribution in [0.25, 0.3) is 0 Å². The highest BCUT2D eigenvalue weighted by Crippen LogP contribution is 2.15. The van der Waals surface area contributed by atoms with Gasteiger partial charge in [-0.15, -0.1) is 11.6 Å². The Bertz CT molecular complexity index is 168. The van der Waals surface area contributed by atoms with E-state index in [1.165, 1.54) is 0 Å². The van der Waals surface area contributed by atoms with Crippen LogP contribution in [0.2, 0.25) is 0 Å². The molecule has 17 heavy (non-hydrogen) atoms. The van der Waals surface area contributed by atoms with E-state index in [1.54, 1.807) is 7.11 Å². The van der Waals surface area contributed by atoms with Crippen molar-refractivity contribution in [2.24, 2.45) is 0 Å². The number of hydrogen-bond acceptors (Lipinski definition) is 4. The van der Waals surface area contributed by atoms with Gasteiger partial charge in [0.1, 0.15) is 0 Å². The van der Waals surface area contributed by atoms with Gasteiger partial charge in [-0.3, -0.25) is 0 Å². The highest BCUT2D eigenvalue weighted by atomic mass is 127. The number of methoxy groups -OCH3 is 1. The molecule has 0 radical (unpaired) electrons. The average Bonchev–Trinajstić information content (AvgIpc) is 2.36. The molecule has 0 saturated carbocycles. The van der Waals surface area contributed by atoms with Crippen molar-refractivity contribution in [2.75, 3.05) is 57.1 Å². The fraction of sp³-hybridized carbons (Fsp3) is 1.00. The van der Waals surface area contributed by atoms with Crippen molar-refractivity contribution in [2.45, 2.75) is 12.5 Å². The number of rotatable bonds is 12. The van der Waals surface area contributed by atoms with Gasteiger partial charge >= 0.3 is 0 Å². The molecule has 0 N–H and O–H groups in total. The van der Waals surface area contributed by atoms with E-state index in [0.29, 0.717) is 45.5 Å². The maximum Gasteiger partial charge on any atom is 0.0879 e. The van der Waals surface area contributed by atoms with E-state index in [2.05, 4.69) is 22.6 Å². The van der Waals surface area contributed by atoms with Crippen LogP contribution in [0.4, 0.5) is 0 Å². The molecule has 0 amide bonds. The molecule has 0 spiro atoms. The van der Waals surface area contributed by atoms with E-state index in [4.69, 9.17) is 30.5 Å². The highest BCUT2D eigenvalue weighted by molar-refractivity contribution is 14.1. The van der Waals surface area contributed by atoms with Crippen LogP contribution in [-0.4, -0.2) is 62.7 Å². The smallest absolute Gasteiger partial charge is 0.0879 e. The van der Waals surface area contributed by atoms with Crippen molar-refractivity contribution in [3.8, 4) is 0 Å². The first-order valence-corrected chi connectivity index (χ1v) is 7.65. The van der Waals surface area contributed by atoms with Crippen LogP contribution in [0.1, 0.15) is 6.92 Å². The summed E-state index contributed by atoms with van der Waals surface area (Å²) in [5.74, 6) is 0.496. The highest BCUT2D eigenvalue weighted by Gasteiger charge is 2.21. The van der Waals surface area contributed by atoms with Crippen LogP contribution in [0.15, 0.2) is 0 Å². The maximum atomic E-state index is 5.82. The van der Waals surface area contributed by atoms with E-state index >= 15 is 0 Å². The van der Waals surface area contributed by atoms with E-state index in [1.807, 2.05) is 6.92 Å². The third kappa shape index (κ3) is 10.5. The Balaban J connectivity index is 3.23. The molecule has 0 aliphatic heterocycles. The molecular weight excluding hydrogens is 358 g/mol. The zero-order valence-corrected chi connectivity index (χ0v) is 13.5. The van der Waals surface area contributed by atoms with Crippen molar-refractivity contribution < 1.29 is 18.9 Å². The lowest BCUT2D eigenvalue weighted by molar-refractivity contribution is -0.0391. The van der Waals surface area contributed by atoms with Crippen LogP contribution < -0.4 is 0 Å². The molecule has 4 nitrogen and oxygen atoms in total. The third-order valence-corrected chi connectivity index (χ3v) is 4.23. The number of halogens is 2. The van der Waals surface area contributed by atoms with Gasteiger partial charge in [-0.2, -0.15) is 0 Å². The molecule has 0 bridgehead atoms. The first kappa shape index (κ1) is 17.9. The first-order chi connectivity index (χ1) is 8.18. The molecule has 0 aromatic heterocycles. The van der Waals surface area contributed by atoms with Gasteiger partial charge in [-0.25, -0.2) is 0 Å². The van der Waals surface area contributed by atoms with Crippen molar-refractivity contribution in [1.29, 1.82) is 0 Å². The Morgan fingerprint density at radius 1 is 1.00 bits per heavy atom. The minimum Gasteiger partial charge on any atom is -0.382 e. The maximum absolute atomic E-state index is 5.82. The number of hydrogen-bond donors (Lipinski definition) is 0. The van der Waals surface area contributed by atoms with Gasteiger partial charge in [0.05, 0.1) is 51.1 Å². The zero-order chi connectivity index (χ0) is 13.0. The zero-order valence-electron chi connectivity index (χ0n) is 10.5. The van der Waals surface area contributed by atoms with Crippen LogP contribution >= 0.6 is 34.2 Å². The summed E-state index contributed by atoms with van der Waals surface area (Å²) in [6.07, 6.45) is 0. The summed E-state index contributed by atoms with van der Waals surface area (Å²) in [6.45, 7) is 5.51. The Kier molecular flexibility index (Phi) is 12.5. The van der Waals surface area contributed by atoms with Crippen LogP contribution in [-0.2, 0) is 18.9 Å². The minimum absolute atomic E-state index is 0.250. The van der Waals surface area contributed by atoms with Gasteiger partial charge in [-0.05, 0) is 6.92 Å². The minimum atomic E-state index is -0.250. The topological polar surface area (TPSA) is 36.9 Å².